The molecule has 0 bridgehead atoms. The van der Waals surface area contributed by atoms with Gasteiger partial charge in [0.2, 0.25) is 0 Å². The third-order valence-electron chi connectivity index (χ3n) is 1.03. The molecule has 1 atom stereocenters. The molecular formula is C4H4ClFN2OS. The van der Waals surface area contributed by atoms with Crippen LogP contribution in [-0.2, 0) is 4.79 Å². The van der Waals surface area contributed by atoms with E-state index in [1.807, 2.05) is 5.32 Å². The molecule has 2 N–H and O–H groups in total. The van der Waals surface area contributed by atoms with E-state index in [0.717, 1.165) is 0 Å². The van der Waals surface area contributed by atoms with Crippen LogP contribution in [0, 0.1) is 0 Å². The van der Waals surface area contributed by atoms with E-state index < -0.39 is 11.0 Å². The summed E-state index contributed by atoms with van der Waals surface area (Å²) in [6.45, 7) is -0.279. The van der Waals surface area contributed by atoms with Gasteiger partial charge in [0.25, 0.3) is 11.0 Å². The molecule has 6 heteroatoms. The Balaban J connectivity index is 2.70. The molecule has 1 amide bonds. The van der Waals surface area contributed by atoms with Crippen LogP contribution in [0.5, 0.6) is 0 Å². The number of carbonyl (C=O) groups excluding carboxylic acids is 1. The normalized spacial score (nSPS) is 33.0. The molecular weight excluding hydrogens is 179 g/mol. The van der Waals surface area contributed by atoms with Gasteiger partial charge in [0, 0.05) is 0 Å². The maximum Gasteiger partial charge on any atom is 0.281 e. The molecule has 1 aliphatic heterocycles. The van der Waals surface area contributed by atoms with Crippen molar-refractivity contribution in [1.29, 1.82) is 0 Å². The highest BCUT2D eigenvalue weighted by atomic mass is 35.5. The molecule has 3 nitrogen and oxygen atoms in total. The highest BCUT2D eigenvalue weighted by Gasteiger charge is 2.39. The number of nitrogens with one attached hydrogen (secondary N) is 2. The van der Waals surface area contributed by atoms with Crippen molar-refractivity contribution in [3.05, 3.63) is 0 Å². The molecule has 0 aromatic heterocycles. The lowest BCUT2D eigenvalue weighted by Crippen LogP contribution is -2.58. The van der Waals surface area contributed by atoms with Gasteiger partial charge in [-0.3, -0.25) is 10.1 Å². The van der Waals surface area contributed by atoms with Crippen molar-refractivity contribution < 1.29 is 9.18 Å². The standard InChI is InChI=1S/C4H4ClFN2OS/c5-4(6)1-7-3(10)8-2(4)9/h1H2,(H2,7,8,9,10). The number of amides is 1. The largest absolute Gasteiger partial charge is 0.357 e. The van der Waals surface area contributed by atoms with Crippen LogP contribution in [0.1, 0.15) is 0 Å². The third-order valence-corrected chi connectivity index (χ3v) is 1.58. The van der Waals surface area contributed by atoms with Crippen LogP contribution >= 0.6 is 23.8 Å². The molecule has 56 valence electrons. The Morgan fingerprint density at radius 3 is 2.80 bits per heavy atom. The molecule has 1 unspecified atom stereocenters. The molecule has 0 aliphatic carbocycles. The SMILES string of the molecule is O=C1NC(=S)NCC1(F)Cl. The molecule has 1 rings (SSSR count). The second-order valence-electron chi connectivity index (χ2n) is 1.84. The van der Waals surface area contributed by atoms with E-state index in [9.17, 15) is 9.18 Å². The van der Waals surface area contributed by atoms with Gasteiger partial charge < -0.3 is 5.32 Å². The summed E-state index contributed by atoms with van der Waals surface area (Å²) in [5.41, 5.74) is 0. The predicted molar refractivity (Wildman–Crippen MR) is 38.4 cm³/mol. The van der Waals surface area contributed by atoms with E-state index in [4.69, 9.17) is 11.6 Å². The summed E-state index contributed by atoms with van der Waals surface area (Å²) in [6, 6.07) is 0. The predicted octanol–water partition coefficient (Wildman–Crippen LogP) is -0.105. The summed E-state index contributed by atoms with van der Waals surface area (Å²) in [6.07, 6.45) is 0. The lowest BCUT2D eigenvalue weighted by molar-refractivity contribution is -0.127. The van der Waals surface area contributed by atoms with Gasteiger partial charge in [0.15, 0.2) is 5.11 Å². The molecule has 0 saturated carbocycles. The number of carbonyl (C=O) groups is 1. The van der Waals surface area contributed by atoms with Gasteiger partial charge in [-0.1, -0.05) is 11.6 Å². The minimum absolute atomic E-state index is 0.110. The number of rotatable bonds is 0. The highest BCUT2D eigenvalue weighted by molar-refractivity contribution is 7.80. The number of hydrogen-bond donors (Lipinski definition) is 2. The summed E-state index contributed by atoms with van der Waals surface area (Å²) in [5.74, 6) is -0.905. The topological polar surface area (TPSA) is 41.1 Å². The molecule has 1 heterocycles. The van der Waals surface area contributed by atoms with Crippen molar-refractivity contribution in [1.82, 2.24) is 10.6 Å². The molecule has 0 radical (unpaired) electrons. The molecule has 1 saturated heterocycles. The number of thiocarbonyl (C=S) groups is 1. The Hall–Kier alpha value is -0.420. The van der Waals surface area contributed by atoms with Crippen LogP contribution < -0.4 is 10.6 Å². The maximum atomic E-state index is 12.7. The van der Waals surface area contributed by atoms with E-state index in [0.29, 0.717) is 0 Å². The molecule has 0 aromatic carbocycles. The van der Waals surface area contributed by atoms with Crippen LogP contribution in [0.4, 0.5) is 4.39 Å². The average Bonchev–Trinajstić information content (AvgIpc) is 1.81. The van der Waals surface area contributed by atoms with E-state index in [2.05, 4.69) is 17.5 Å². The van der Waals surface area contributed by atoms with Crippen molar-refractivity contribution >= 4 is 34.8 Å². The second-order valence-corrected chi connectivity index (χ2v) is 2.85. The van der Waals surface area contributed by atoms with Gasteiger partial charge in [0.05, 0.1) is 6.54 Å². The van der Waals surface area contributed by atoms with Crippen molar-refractivity contribution in [2.45, 2.75) is 5.13 Å². The molecule has 1 fully saturated rings. The zero-order valence-electron chi connectivity index (χ0n) is 4.78. The Bertz CT molecular complexity index is 196. The second kappa shape index (κ2) is 2.32. The minimum atomic E-state index is -2.36. The van der Waals surface area contributed by atoms with E-state index in [1.165, 1.54) is 0 Å². The van der Waals surface area contributed by atoms with E-state index in [-0.39, 0.29) is 11.7 Å². The fourth-order valence-corrected chi connectivity index (χ4v) is 0.789. The summed E-state index contributed by atoms with van der Waals surface area (Å²) in [4.78, 5) is 10.6. The smallest absolute Gasteiger partial charge is 0.281 e. The number of alkyl halides is 2. The first kappa shape index (κ1) is 7.68. The molecule has 1 aliphatic rings. The summed E-state index contributed by atoms with van der Waals surface area (Å²) in [5, 5.41) is 2.19. The van der Waals surface area contributed by atoms with Gasteiger partial charge in [-0.2, -0.15) is 0 Å². The molecule has 0 aromatic rings. The van der Waals surface area contributed by atoms with Gasteiger partial charge in [-0.25, -0.2) is 4.39 Å². The van der Waals surface area contributed by atoms with E-state index in [1.54, 1.807) is 0 Å². The highest BCUT2D eigenvalue weighted by Crippen LogP contribution is 2.17. The average molecular weight is 183 g/mol. The fourth-order valence-electron chi connectivity index (χ4n) is 0.510. The van der Waals surface area contributed by atoms with Crippen LogP contribution in [0.2, 0.25) is 0 Å². The van der Waals surface area contributed by atoms with Gasteiger partial charge >= 0.3 is 0 Å². The van der Waals surface area contributed by atoms with E-state index >= 15 is 0 Å². The fraction of sp³-hybridized carbons (Fsp3) is 0.500. The van der Waals surface area contributed by atoms with Crippen molar-refractivity contribution in [2.75, 3.05) is 6.54 Å². The third kappa shape index (κ3) is 1.35. The summed E-state index contributed by atoms with van der Waals surface area (Å²) in [7, 11) is 0. The Labute approximate surface area is 66.9 Å². The van der Waals surface area contributed by atoms with Crippen molar-refractivity contribution in [3.63, 3.8) is 0 Å². The lowest BCUT2D eigenvalue weighted by atomic mass is 10.3. The van der Waals surface area contributed by atoms with Gasteiger partial charge in [-0.15, -0.1) is 0 Å². The van der Waals surface area contributed by atoms with Crippen molar-refractivity contribution in [2.24, 2.45) is 0 Å². The Kier molecular flexibility index (Phi) is 1.78. The zero-order chi connectivity index (χ0) is 7.78. The van der Waals surface area contributed by atoms with Crippen molar-refractivity contribution in [3.8, 4) is 0 Å². The molecule has 10 heavy (non-hydrogen) atoms. The van der Waals surface area contributed by atoms with Gasteiger partial charge in [0.1, 0.15) is 0 Å². The Morgan fingerprint density at radius 1 is 1.80 bits per heavy atom. The maximum absolute atomic E-state index is 12.7. The summed E-state index contributed by atoms with van der Waals surface area (Å²) < 4.78 is 12.7. The molecule has 0 spiro atoms. The van der Waals surface area contributed by atoms with Crippen LogP contribution in [0.25, 0.3) is 0 Å². The van der Waals surface area contributed by atoms with Gasteiger partial charge in [-0.05, 0) is 12.2 Å². The monoisotopic (exact) mass is 182 g/mol. The number of hydrogen-bond acceptors (Lipinski definition) is 2. The Morgan fingerprint density at radius 2 is 2.40 bits per heavy atom. The van der Waals surface area contributed by atoms with Crippen LogP contribution in [0.3, 0.4) is 0 Å². The number of halogens is 2. The first-order chi connectivity index (χ1) is 4.52. The first-order valence-electron chi connectivity index (χ1n) is 2.49. The lowest BCUT2D eigenvalue weighted by Gasteiger charge is -2.24. The summed E-state index contributed by atoms with van der Waals surface area (Å²) >= 11 is 9.60. The minimum Gasteiger partial charge on any atom is -0.357 e. The van der Waals surface area contributed by atoms with Crippen LogP contribution in [-0.4, -0.2) is 22.7 Å². The van der Waals surface area contributed by atoms with Crippen LogP contribution in [0.15, 0.2) is 0 Å². The quantitative estimate of drug-likeness (QED) is 0.406. The zero-order valence-corrected chi connectivity index (χ0v) is 6.35. The first-order valence-corrected chi connectivity index (χ1v) is 3.28.